The lowest BCUT2D eigenvalue weighted by atomic mass is 9.83. The first-order valence-corrected chi connectivity index (χ1v) is 9.92. The summed E-state index contributed by atoms with van der Waals surface area (Å²) in [6.45, 7) is 1.96. The number of allylic oxidation sites excluding steroid dienone is 1. The largest absolute Gasteiger partial charge is 0.512 e. The highest BCUT2D eigenvalue weighted by Crippen LogP contribution is 2.32. The molecule has 0 aliphatic heterocycles. The molecule has 30 heavy (non-hydrogen) atoms. The fourth-order valence-corrected chi connectivity index (χ4v) is 3.36. The summed E-state index contributed by atoms with van der Waals surface area (Å²) in [6, 6.07) is 9.56. The van der Waals surface area contributed by atoms with E-state index < -0.39 is 6.23 Å². The number of aliphatic hydroxyl groups excluding tert-OH is 2. The number of hydrogen-bond donors (Lipinski definition) is 4. The predicted octanol–water partition coefficient (Wildman–Crippen LogP) is 3.99. The van der Waals surface area contributed by atoms with Crippen molar-refractivity contribution in [1.29, 1.82) is 10.7 Å². The van der Waals surface area contributed by atoms with Gasteiger partial charge in [0.25, 0.3) is 0 Å². The summed E-state index contributed by atoms with van der Waals surface area (Å²) in [5, 5.41) is 40.8. The molecule has 7 nitrogen and oxygen atoms in total. The molecule has 1 heterocycles. The van der Waals surface area contributed by atoms with Crippen LogP contribution >= 0.6 is 0 Å². The second-order valence-corrected chi connectivity index (χ2v) is 7.83. The van der Waals surface area contributed by atoms with Gasteiger partial charge in [-0.15, -0.1) is 0 Å². The van der Waals surface area contributed by atoms with Crippen molar-refractivity contribution in [2.24, 2.45) is 5.92 Å². The van der Waals surface area contributed by atoms with E-state index >= 15 is 0 Å². The molecule has 2 aromatic rings. The Labute approximate surface area is 176 Å². The highest BCUT2D eigenvalue weighted by atomic mass is 16.3. The van der Waals surface area contributed by atoms with Crippen molar-refractivity contribution in [2.45, 2.75) is 32.4 Å². The van der Waals surface area contributed by atoms with Gasteiger partial charge in [0.2, 0.25) is 0 Å². The Morgan fingerprint density at radius 3 is 2.70 bits per heavy atom. The van der Waals surface area contributed by atoms with Crippen LogP contribution in [0.3, 0.4) is 0 Å². The average Bonchev–Trinajstić information content (AvgIpc) is 2.67. The molecule has 0 amide bonds. The van der Waals surface area contributed by atoms with Crippen LogP contribution in [-0.2, 0) is 0 Å². The second kappa shape index (κ2) is 8.97. The number of aryl methyl sites for hydroxylation is 1. The van der Waals surface area contributed by atoms with Crippen molar-refractivity contribution in [1.82, 2.24) is 4.98 Å². The molecule has 7 heteroatoms. The quantitative estimate of drug-likeness (QED) is 0.314. The minimum atomic E-state index is -1.24. The molecule has 3 rings (SSSR count). The zero-order valence-corrected chi connectivity index (χ0v) is 17.5. The average molecular weight is 406 g/mol. The molecule has 1 aliphatic carbocycles. The minimum absolute atomic E-state index is 0.0923. The molecule has 156 valence electrons. The van der Waals surface area contributed by atoms with Crippen molar-refractivity contribution in [3.63, 3.8) is 0 Å². The Morgan fingerprint density at radius 1 is 1.37 bits per heavy atom. The molecule has 0 radical (unpaired) electrons. The first kappa shape index (κ1) is 21.3. The van der Waals surface area contributed by atoms with E-state index in [9.17, 15) is 15.5 Å². The molecular weight excluding hydrogens is 378 g/mol. The summed E-state index contributed by atoms with van der Waals surface area (Å²) in [5.74, 6) is 0.874. The molecule has 4 N–H and O–H groups in total. The first-order chi connectivity index (χ1) is 14.3. The van der Waals surface area contributed by atoms with Gasteiger partial charge in [-0.25, -0.2) is 4.98 Å². The van der Waals surface area contributed by atoms with Crippen LogP contribution in [0.15, 0.2) is 42.3 Å². The number of pyridine rings is 1. The molecule has 1 aromatic carbocycles. The maximum Gasteiger partial charge on any atom is 0.167 e. The minimum Gasteiger partial charge on any atom is -0.512 e. The summed E-state index contributed by atoms with van der Waals surface area (Å²) in [4.78, 5) is 6.21. The maximum atomic E-state index is 10.4. The van der Waals surface area contributed by atoms with Crippen LogP contribution in [0.2, 0.25) is 0 Å². The van der Waals surface area contributed by atoms with E-state index in [1.165, 1.54) is 6.08 Å². The van der Waals surface area contributed by atoms with E-state index in [1.54, 1.807) is 17.2 Å². The van der Waals surface area contributed by atoms with Crippen LogP contribution in [0.5, 0.6) is 0 Å². The smallest absolute Gasteiger partial charge is 0.167 e. The summed E-state index contributed by atoms with van der Waals surface area (Å²) in [5.41, 5.74) is 3.68. The van der Waals surface area contributed by atoms with Crippen molar-refractivity contribution in [2.75, 3.05) is 24.3 Å². The predicted molar refractivity (Wildman–Crippen MR) is 119 cm³/mol. The number of hydrogen-bond acceptors (Lipinski definition) is 7. The van der Waals surface area contributed by atoms with Crippen LogP contribution in [-0.4, -0.2) is 41.2 Å². The van der Waals surface area contributed by atoms with Gasteiger partial charge in [-0.1, -0.05) is 12.5 Å². The van der Waals surface area contributed by atoms with E-state index in [2.05, 4.69) is 16.4 Å². The second-order valence-electron chi connectivity index (χ2n) is 7.83. The van der Waals surface area contributed by atoms with Gasteiger partial charge < -0.3 is 25.8 Å². The summed E-state index contributed by atoms with van der Waals surface area (Å²) < 4.78 is 0. The molecule has 1 unspecified atom stereocenters. The first-order valence-electron chi connectivity index (χ1n) is 9.92. The monoisotopic (exact) mass is 405 g/mol. The van der Waals surface area contributed by atoms with Crippen molar-refractivity contribution in [3.05, 3.63) is 53.4 Å². The van der Waals surface area contributed by atoms with Crippen LogP contribution in [0, 0.1) is 29.6 Å². The van der Waals surface area contributed by atoms with Gasteiger partial charge in [-0.2, -0.15) is 5.26 Å². The molecule has 1 aliphatic rings. The lowest BCUT2D eigenvalue weighted by Gasteiger charge is -2.25. The van der Waals surface area contributed by atoms with Crippen LogP contribution < -0.4 is 10.2 Å². The SMILES string of the molecule is Cc1ccc(NC(O)C(=N)/C=C(\O)C2CCC2)cc1-c1cnc(N(C)C)c(C#N)c1. The number of anilines is 2. The summed E-state index contributed by atoms with van der Waals surface area (Å²) >= 11 is 0. The molecule has 0 saturated heterocycles. The number of nitrogens with zero attached hydrogens (tertiary/aromatic N) is 3. The van der Waals surface area contributed by atoms with Gasteiger partial charge >= 0.3 is 0 Å². The van der Waals surface area contributed by atoms with Crippen LogP contribution in [0.1, 0.15) is 30.4 Å². The number of benzene rings is 1. The fraction of sp³-hybridized carbons (Fsp3) is 0.348. The van der Waals surface area contributed by atoms with Gasteiger partial charge in [0, 0.05) is 43.5 Å². The van der Waals surface area contributed by atoms with Gasteiger partial charge in [0.15, 0.2) is 6.23 Å². The van der Waals surface area contributed by atoms with Gasteiger partial charge in [-0.05, 0) is 49.1 Å². The lowest BCUT2D eigenvalue weighted by Crippen LogP contribution is -2.28. The Bertz CT molecular complexity index is 1020. The molecule has 1 aromatic heterocycles. The molecule has 1 fully saturated rings. The number of nitriles is 1. The normalized spacial score (nSPS) is 15.1. The van der Waals surface area contributed by atoms with E-state index in [0.29, 0.717) is 17.1 Å². The third-order valence-electron chi connectivity index (χ3n) is 5.38. The Kier molecular flexibility index (Phi) is 6.38. The summed E-state index contributed by atoms with van der Waals surface area (Å²) in [7, 11) is 3.68. The highest BCUT2D eigenvalue weighted by Gasteiger charge is 2.22. The van der Waals surface area contributed by atoms with Crippen molar-refractivity contribution >= 4 is 17.2 Å². The van der Waals surface area contributed by atoms with Gasteiger partial charge in [-0.3, -0.25) is 0 Å². The van der Waals surface area contributed by atoms with E-state index in [-0.39, 0.29) is 17.4 Å². The topological polar surface area (TPSA) is 116 Å². The zero-order valence-electron chi connectivity index (χ0n) is 17.5. The number of aromatic nitrogens is 1. The zero-order chi connectivity index (χ0) is 21.8. The highest BCUT2D eigenvalue weighted by molar-refractivity contribution is 5.97. The van der Waals surface area contributed by atoms with E-state index in [0.717, 1.165) is 36.0 Å². The van der Waals surface area contributed by atoms with Crippen LogP contribution in [0.4, 0.5) is 11.5 Å². The van der Waals surface area contributed by atoms with Crippen LogP contribution in [0.25, 0.3) is 11.1 Å². The maximum absolute atomic E-state index is 10.4. The molecule has 0 bridgehead atoms. The molecule has 1 saturated carbocycles. The molecule has 1 atom stereocenters. The number of nitrogens with one attached hydrogen (secondary N) is 2. The third-order valence-corrected chi connectivity index (χ3v) is 5.38. The standard InChI is InChI=1S/C23H27N5O2/c1-14-7-8-18(27-23(30)20(25)11-21(29)15-5-4-6-15)10-19(14)17-9-16(12-24)22(26-13-17)28(2)3/h7-11,13,15,23,25,27,29-30H,4-6H2,1-3H3/b21-11-,25-20?. The Hall–Kier alpha value is -3.37. The summed E-state index contributed by atoms with van der Waals surface area (Å²) in [6.07, 6.45) is 4.74. The van der Waals surface area contributed by atoms with E-state index in [1.807, 2.05) is 39.2 Å². The Balaban J connectivity index is 1.82. The van der Waals surface area contributed by atoms with Crippen molar-refractivity contribution < 1.29 is 10.2 Å². The fourth-order valence-electron chi connectivity index (χ4n) is 3.36. The number of rotatable bonds is 7. The molecule has 0 spiro atoms. The lowest BCUT2D eigenvalue weighted by molar-refractivity contribution is 0.244. The Morgan fingerprint density at radius 2 is 2.10 bits per heavy atom. The van der Waals surface area contributed by atoms with Gasteiger partial charge in [0.05, 0.1) is 17.0 Å². The number of aliphatic hydroxyl groups is 2. The third kappa shape index (κ3) is 4.61. The van der Waals surface area contributed by atoms with Gasteiger partial charge in [0.1, 0.15) is 11.9 Å². The van der Waals surface area contributed by atoms with Crippen molar-refractivity contribution in [3.8, 4) is 17.2 Å². The van der Waals surface area contributed by atoms with E-state index in [4.69, 9.17) is 5.41 Å². The molecular formula is C23H27N5O2.